The number of aromatic amines is 1. The van der Waals surface area contributed by atoms with E-state index in [1.165, 1.54) is 11.6 Å². The molecule has 0 spiro atoms. The lowest BCUT2D eigenvalue weighted by atomic mass is 10.1. The van der Waals surface area contributed by atoms with Crippen LogP contribution in [0.15, 0.2) is 63.9 Å². The summed E-state index contributed by atoms with van der Waals surface area (Å²) in [6.45, 7) is 5.09. The highest BCUT2D eigenvalue weighted by atomic mass is 16.7. The third-order valence-corrected chi connectivity index (χ3v) is 6.45. The number of fused-ring (bicyclic) bond motifs is 2. The van der Waals surface area contributed by atoms with Gasteiger partial charge >= 0.3 is 11.8 Å². The van der Waals surface area contributed by atoms with Gasteiger partial charge in [0.1, 0.15) is 11.3 Å². The van der Waals surface area contributed by atoms with E-state index in [-0.39, 0.29) is 5.63 Å². The number of unbranched alkanes of at least 4 members (excludes halogenated alkanes) is 1. The molecule has 0 amide bonds. The molecule has 4 aromatic rings. The predicted molar refractivity (Wildman–Crippen MR) is 131 cm³/mol. The van der Waals surface area contributed by atoms with Crippen molar-refractivity contribution in [2.75, 3.05) is 37.6 Å². The molecular weight excluding hydrogens is 434 g/mol. The monoisotopic (exact) mass is 461 g/mol. The Bertz CT molecular complexity index is 1370. The fourth-order valence-electron chi connectivity index (χ4n) is 4.67. The van der Waals surface area contributed by atoms with Gasteiger partial charge in [-0.25, -0.2) is 9.59 Å². The van der Waals surface area contributed by atoms with Crippen molar-refractivity contribution >= 4 is 33.7 Å². The zero-order valence-corrected chi connectivity index (χ0v) is 18.8. The van der Waals surface area contributed by atoms with Crippen molar-refractivity contribution < 1.29 is 19.1 Å². The number of piperazine rings is 1. The van der Waals surface area contributed by atoms with Gasteiger partial charge in [0, 0.05) is 66.5 Å². The predicted octanol–water partition coefficient (Wildman–Crippen LogP) is 4.48. The van der Waals surface area contributed by atoms with Crippen molar-refractivity contribution in [3.63, 3.8) is 0 Å². The zero-order valence-electron chi connectivity index (χ0n) is 18.8. The highest BCUT2D eigenvalue weighted by Crippen LogP contribution is 2.25. The van der Waals surface area contributed by atoms with Crippen LogP contribution < -0.4 is 15.3 Å². The van der Waals surface area contributed by atoms with Crippen LogP contribution in [0.5, 0.6) is 5.75 Å². The molecule has 8 nitrogen and oxygen atoms in total. The largest absolute Gasteiger partial charge is 0.511 e. The number of carbonyl (C=O) groups is 1. The van der Waals surface area contributed by atoms with Crippen molar-refractivity contribution in [3.05, 3.63) is 70.7 Å². The molecule has 3 heterocycles. The molecule has 2 aromatic carbocycles. The number of hydrogen-bond donors (Lipinski definition) is 2. The number of benzene rings is 2. The maximum Gasteiger partial charge on any atom is 0.511 e. The van der Waals surface area contributed by atoms with Gasteiger partial charge in [-0.3, -0.25) is 4.90 Å². The summed E-state index contributed by atoms with van der Waals surface area (Å²) in [5.74, 6) is 0.322. The average molecular weight is 462 g/mol. The Morgan fingerprint density at radius 1 is 1.03 bits per heavy atom. The van der Waals surface area contributed by atoms with Crippen molar-refractivity contribution in [3.8, 4) is 5.75 Å². The molecule has 1 saturated heterocycles. The number of nitrogens with zero attached hydrogens (tertiary/aromatic N) is 2. The third kappa shape index (κ3) is 4.92. The number of nitrogens with one attached hydrogen (secondary N) is 1. The minimum atomic E-state index is -1.31. The molecule has 1 aliphatic rings. The first-order valence-electron chi connectivity index (χ1n) is 11.6. The minimum absolute atomic E-state index is 0.321. The van der Waals surface area contributed by atoms with E-state index in [4.69, 9.17) is 14.3 Å². The molecule has 176 valence electrons. The lowest BCUT2D eigenvalue weighted by molar-refractivity contribution is 0.144. The standard InChI is InChI=1S/C26H27N3O5/c30-25-9-4-18-15-20(5-8-24(18)34-25)29-13-11-28(12-14-29)10-2-1-3-19-17-27-23-16-21(33-26(31)32)6-7-22(19)23/h4-9,15-17,27H,1-3,10-14H2,(H,31,32). The highest BCUT2D eigenvalue weighted by molar-refractivity contribution is 5.85. The average Bonchev–Trinajstić information content (AvgIpc) is 3.23. The number of ether oxygens (including phenoxy) is 1. The smallest absolute Gasteiger partial charge is 0.449 e. The Labute approximate surface area is 196 Å². The van der Waals surface area contributed by atoms with Gasteiger partial charge in [0.2, 0.25) is 0 Å². The van der Waals surface area contributed by atoms with Crippen LogP contribution in [-0.4, -0.2) is 53.9 Å². The van der Waals surface area contributed by atoms with Gasteiger partial charge in [-0.1, -0.05) is 0 Å². The topological polar surface area (TPSA) is 99.0 Å². The van der Waals surface area contributed by atoms with E-state index in [1.807, 2.05) is 30.5 Å². The first-order valence-corrected chi connectivity index (χ1v) is 11.6. The minimum Gasteiger partial charge on any atom is -0.449 e. The maximum atomic E-state index is 11.4. The number of aryl methyl sites for hydroxylation is 1. The van der Waals surface area contributed by atoms with E-state index in [9.17, 15) is 9.59 Å². The molecule has 0 aliphatic carbocycles. The van der Waals surface area contributed by atoms with Crippen LogP contribution in [0, 0.1) is 0 Å². The quantitative estimate of drug-likeness (QED) is 0.181. The van der Waals surface area contributed by atoms with E-state index >= 15 is 0 Å². The van der Waals surface area contributed by atoms with Crippen LogP contribution in [0.25, 0.3) is 21.9 Å². The Balaban J connectivity index is 1.09. The number of rotatable bonds is 7. The SMILES string of the molecule is O=C(O)Oc1ccc2c(CCCCN3CCN(c4ccc5oc(=O)ccc5c4)CC3)c[nH]c2c1. The van der Waals surface area contributed by atoms with E-state index in [2.05, 4.69) is 20.9 Å². The summed E-state index contributed by atoms with van der Waals surface area (Å²) < 4.78 is 9.96. The molecule has 2 aromatic heterocycles. The van der Waals surface area contributed by atoms with Gasteiger partial charge in [-0.05, 0) is 67.8 Å². The molecule has 0 bridgehead atoms. The molecule has 5 rings (SSSR count). The first kappa shape index (κ1) is 22.0. The van der Waals surface area contributed by atoms with Gasteiger partial charge in [-0.15, -0.1) is 0 Å². The van der Waals surface area contributed by atoms with Gasteiger partial charge in [0.05, 0.1) is 0 Å². The fourth-order valence-corrected chi connectivity index (χ4v) is 4.67. The number of H-pyrrole nitrogens is 1. The van der Waals surface area contributed by atoms with E-state index in [1.54, 1.807) is 12.1 Å². The van der Waals surface area contributed by atoms with E-state index in [0.29, 0.717) is 11.3 Å². The number of anilines is 1. The molecule has 2 N–H and O–H groups in total. The highest BCUT2D eigenvalue weighted by Gasteiger charge is 2.17. The second-order valence-electron chi connectivity index (χ2n) is 8.65. The molecule has 0 radical (unpaired) electrons. The summed E-state index contributed by atoms with van der Waals surface area (Å²) in [6.07, 6.45) is 3.90. The van der Waals surface area contributed by atoms with Crippen LogP contribution in [0.3, 0.4) is 0 Å². The summed E-state index contributed by atoms with van der Waals surface area (Å²) in [7, 11) is 0. The Kier molecular flexibility index (Phi) is 6.22. The van der Waals surface area contributed by atoms with E-state index < -0.39 is 6.16 Å². The molecule has 0 atom stereocenters. The maximum absolute atomic E-state index is 11.4. The summed E-state index contributed by atoms with van der Waals surface area (Å²) in [4.78, 5) is 30.2. The summed E-state index contributed by atoms with van der Waals surface area (Å²) in [6, 6.07) is 14.6. The van der Waals surface area contributed by atoms with Crippen LogP contribution in [0.2, 0.25) is 0 Å². The third-order valence-electron chi connectivity index (χ3n) is 6.45. The van der Waals surface area contributed by atoms with Crippen LogP contribution in [0.1, 0.15) is 18.4 Å². The molecule has 0 saturated carbocycles. The van der Waals surface area contributed by atoms with Crippen LogP contribution in [0.4, 0.5) is 10.5 Å². The number of hydrogen-bond acceptors (Lipinski definition) is 6. The fraction of sp³-hybridized carbons (Fsp3) is 0.308. The molecule has 8 heteroatoms. The molecule has 0 unspecified atom stereocenters. The molecule has 1 aliphatic heterocycles. The zero-order chi connectivity index (χ0) is 23.5. The van der Waals surface area contributed by atoms with Crippen molar-refractivity contribution in [1.29, 1.82) is 0 Å². The van der Waals surface area contributed by atoms with Crippen molar-refractivity contribution in [2.45, 2.75) is 19.3 Å². The van der Waals surface area contributed by atoms with Crippen molar-refractivity contribution in [2.24, 2.45) is 0 Å². The van der Waals surface area contributed by atoms with Gasteiger partial charge in [0.15, 0.2) is 0 Å². The molecule has 34 heavy (non-hydrogen) atoms. The second kappa shape index (κ2) is 9.61. The van der Waals surface area contributed by atoms with Gasteiger partial charge in [0.25, 0.3) is 0 Å². The summed E-state index contributed by atoms with van der Waals surface area (Å²) in [5.41, 5.74) is 3.60. The normalized spacial score (nSPS) is 14.6. The Morgan fingerprint density at radius 3 is 2.71 bits per heavy atom. The lowest BCUT2D eigenvalue weighted by Gasteiger charge is -2.36. The summed E-state index contributed by atoms with van der Waals surface area (Å²) >= 11 is 0. The summed E-state index contributed by atoms with van der Waals surface area (Å²) in [5, 5.41) is 10.8. The van der Waals surface area contributed by atoms with Crippen LogP contribution >= 0.6 is 0 Å². The lowest BCUT2D eigenvalue weighted by Crippen LogP contribution is -2.46. The van der Waals surface area contributed by atoms with E-state index in [0.717, 1.165) is 74.0 Å². The Hall–Kier alpha value is -3.78. The molecule has 1 fully saturated rings. The van der Waals surface area contributed by atoms with Gasteiger partial charge < -0.3 is 24.1 Å². The van der Waals surface area contributed by atoms with Crippen LogP contribution in [-0.2, 0) is 6.42 Å². The number of carboxylic acid groups (broad SMARTS) is 1. The van der Waals surface area contributed by atoms with Crippen molar-refractivity contribution in [1.82, 2.24) is 9.88 Å². The second-order valence-corrected chi connectivity index (χ2v) is 8.65. The Morgan fingerprint density at radius 2 is 1.88 bits per heavy atom. The molecular formula is C26H27N3O5. The first-order chi connectivity index (χ1) is 16.5. The number of aromatic nitrogens is 1. The van der Waals surface area contributed by atoms with Gasteiger partial charge in [-0.2, -0.15) is 0 Å².